The molecule has 0 aliphatic carbocycles. The standard InChI is InChI=1S/C16H15ClN2O2S/c1-10(20)18-11-3-5-12(6-4-11)19-16(21)14-9-13(22-2)7-8-15(14)17/h3-9H,1-2H3,(H,18,20)(H,19,21). The molecule has 0 bridgehead atoms. The van der Waals surface area contributed by atoms with Crippen LogP contribution in [0.5, 0.6) is 0 Å². The number of hydrogen-bond acceptors (Lipinski definition) is 3. The predicted octanol–water partition coefficient (Wildman–Crippen LogP) is 4.27. The fourth-order valence-electron chi connectivity index (χ4n) is 1.84. The molecule has 0 unspecified atom stereocenters. The zero-order chi connectivity index (χ0) is 16.1. The fraction of sp³-hybridized carbons (Fsp3) is 0.125. The first kappa shape index (κ1) is 16.4. The molecular weight excluding hydrogens is 320 g/mol. The molecule has 22 heavy (non-hydrogen) atoms. The molecule has 4 nitrogen and oxygen atoms in total. The van der Waals surface area contributed by atoms with E-state index in [-0.39, 0.29) is 11.8 Å². The Bertz CT molecular complexity index is 702. The van der Waals surface area contributed by atoms with Gasteiger partial charge in [-0.3, -0.25) is 9.59 Å². The van der Waals surface area contributed by atoms with Gasteiger partial charge < -0.3 is 10.6 Å². The van der Waals surface area contributed by atoms with E-state index in [0.29, 0.717) is 22.0 Å². The molecule has 0 aliphatic rings. The van der Waals surface area contributed by atoms with Crippen molar-refractivity contribution in [3.63, 3.8) is 0 Å². The summed E-state index contributed by atoms with van der Waals surface area (Å²) in [5, 5.41) is 5.86. The van der Waals surface area contributed by atoms with Gasteiger partial charge >= 0.3 is 0 Å². The predicted molar refractivity (Wildman–Crippen MR) is 91.9 cm³/mol. The van der Waals surface area contributed by atoms with E-state index in [0.717, 1.165) is 4.90 Å². The van der Waals surface area contributed by atoms with Crippen molar-refractivity contribution in [2.45, 2.75) is 11.8 Å². The molecule has 2 amide bonds. The average Bonchev–Trinajstić information content (AvgIpc) is 2.49. The van der Waals surface area contributed by atoms with E-state index in [2.05, 4.69) is 10.6 Å². The van der Waals surface area contributed by atoms with Gasteiger partial charge in [0.15, 0.2) is 0 Å². The first-order chi connectivity index (χ1) is 10.5. The monoisotopic (exact) mass is 334 g/mol. The Morgan fingerprint density at radius 2 is 1.59 bits per heavy atom. The molecule has 0 fully saturated rings. The lowest BCUT2D eigenvalue weighted by Crippen LogP contribution is -2.12. The van der Waals surface area contributed by atoms with Crippen LogP contribution in [0.1, 0.15) is 17.3 Å². The highest BCUT2D eigenvalue weighted by Crippen LogP contribution is 2.24. The van der Waals surface area contributed by atoms with Gasteiger partial charge in [-0.15, -0.1) is 11.8 Å². The van der Waals surface area contributed by atoms with E-state index in [1.807, 2.05) is 12.3 Å². The minimum Gasteiger partial charge on any atom is -0.326 e. The number of rotatable bonds is 4. The van der Waals surface area contributed by atoms with E-state index in [1.54, 1.807) is 48.2 Å². The maximum Gasteiger partial charge on any atom is 0.257 e. The maximum absolute atomic E-state index is 12.3. The first-order valence-electron chi connectivity index (χ1n) is 6.52. The van der Waals surface area contributed by atoms with Gasteiger partial charge in [-0.05, 0) is 48.7 Å². The highest BCUT2D eigenvalue weighted by molar-refractivity contribution is 7.98. The number of halogens is 1. The topological polar surface area (TPSA) is 58.2 Å². The zero-order valence-corrected chi connectivity index (χ0v) is 13.7. The third kappa shape index (κ3) is 4.26. The summed E-state index contributed by atoms with van der Waals surface area (Å²) >= 11 is 7.62. The van der Waals surface area contributed by atoms with Crippen molar-refractivity contribution < 1.29 is 9.59 Å². The molecule has 114 valence electrons. The van der Waals surface area contributed by atoms with Crippen molar-refractivity contribution in [1.29, 1.82) is 0 Å². The van der Waals surface area contributed by atoms with E-state index in [1.165, 1.54) is 6.92 Å². The summed E-state index contributed by atoms with van der Waals surface area (Å²) in [5.74, 6) is -0.411. The van der Waals surface area contributed by atoms with Gasteiger partial charge in [-0.2, -0.15) is 0 Å². The Balaban J connectivity index is 2.13. The number of thioether (sulfide) groups is 1. The quantitative estimate of drug-likeness (QED) is 0.821. The molecule has 0 atom stereocenters. The van der Waals surface area contributed by atoms with Crippen molar-refractivity contribution in [2.75, 3.05) is 16.9 Å². The third-order valence-corrected chi connectivity index (χ3v) is 3.94. The summed E-state index contributed by atoms with van der Waals surface area (Å²) < 4.78 is 0. The Morgan fingerprint density at radius 1 is 1.00 bits per heavy atom. The number of nitrogens with one attached hydrogen (secondary N) is 2. The molecule has 0 spiro atoms. The van der Waals surface area contributed by atoms with Crippen LogP contribution in [0, 0.1) is 0 Å². The van der Waals surface area contributed by atoms with Crippen LogP contribution in [0.25, 0.3) is 0 Å². The molecule has 0 aliphatic heterocycles. The first-order valence-corrected chi connectivity index (χ1v) is 8.12. The number of anilines is 2. The van der Waals surface area contributed by atoms with E-state index < -0.39 is 0 Å². The lowest BCUT2D eigenvalue weighted by molar-refractivity contribution is -0.114. The smallest absolute Gasteiger partial charge is 0.257 e. The molecule has 0 aromatic heterocycles. The van der Waals surface area contributed by atoms with Crippen molar-refractivity contribution in [1.82, 2.24) is 0 Å². The lowest BCUT2D eigenvalue weighted by atomic mass is 10.2. The van der Waals surface area contributed by atoms with Crippen molar-refractivity contribution in [3.05, 3.63) is 53.1 Å². The lowest BCUT2D eigenvalue weighted by Gasteiger charge is -2.09. The van der Waals surface area contributed by atoms with Crippen LogP contribution in [-0.2, 0) is 4.79 Å². The molecule has 2 aromatic carbocycles. The second-order valence-electron chi connectivity index (χ2n) is 4.56. The molecule has 0 radical (unpaired) electrons. The Kier molecular flexibility index (Phi) is 5.46. The number of benzene rings is 2. The summed E-state index contributed by atoms with van der Waals surface area (Å²) in [6.07, 6.45) is 1.94. The van der Waals surface area contributed by atoms with Gasteiger partial charge in [0.05, 0.1) is 10.6 Å². The summed E-state index contributed by atoms with van der Waals surface area (Å²) in [6.45, 7) is 1.44. The van der Waals surface area contributed by atoms with Crippen LogP contribution in [0.4, 0.5) is 11.4 Å². The molecule has 0 saturated carbocycles. The van der Waals surface area contributed by atoms with Crippen LogP contribution < -0.4 is 10.6 Å². The second kappa shape index (κ2) is 7.33. The van der Waals surface area contributed by atoms with Gasteiger partial charge in [0.1, 0.15) is 0 Å². The van der Waals surface area contributed by atoms with Crippen molar-refractivity contribution in [3.8, 4) is 0 Å². The minimum atomic E-state index is -0.270. The molecule has 2 aromatic rings. The van der Waals surface area contributed by atoms with Gasteiger partial charge in [-0.25, -0.2) is 0 Å². The molecule has 2 N–H and O–H groups in total. The zero-order valence-electron chi connectivity index (χ0n) is 12.1. The number of carbonyl (C=O) groups excluding carboxylic acids is 2. The normalized spacial score (nSPS) is 10.1. The third-order valence-electron chi connectivity index (χ3n) is 2.88. The van der Waals surface area contributed by atoms with Crippen molar-refractivity contribution >= 4 is 46.6 Å². The fourth-order valence-corrected chi connectivity index (χ4v) is 2.49. The van der Waals surface area contributed by atoms with E-state index in [4.69, 9.17) is 11.6 Å². The SMILES string of the molecule is CSc1ccc(Cl)c(C(=O)Nc2ccc(NC(C)=O)cc2)c1. The summed E-state index contributed by atoms with van der Waals surface area (Å²) in [5.41, 5.74) is 1.73. The Morgan fingerprint density at radius 3 is 2.14 bits per heavy atom. The summed E-state index contributed by atoms with van der Waals surface area (Å²) in [4.78, 5) is 24.2. The molecule has 2 rings (SSSR count). The number of hydrogen-bond donors (Lipinski definition) is 2. The van der Waals surface area contributed by atoms with Gasteiger partial charge in [-0.1, -0.05) is 11.6 Å². The summed E-state index contributed by atoms with van der Waals surface area (Å²) in [6, 6.07) is 12.2. The van der Waals surface area contributed by atoms with Crippen LogP contribution in [0.3, 0.4) is 0 Å². The highest BCUT2D eigenvalue weighted by atomic mass is 35.5. The van der Waals surface area contributed by atoms with Crippen molar-refractivity contribution in [2.24, 2.45) is 0 Å². The Labute approximate surface area is 138 Å². The van der Waals surface area contributed by atoms with Crippen LogP contribution in [0.15, 0.2) is 47.4 Å². The molecule has 0 heterocycles. The van der Waals surface area contributed by atoms with Crippen LogP contribution >= 0.6 is 23.4 Å². The average molecular weight is 335 g/mol. The van der Waals surface area contributed by atoms with Crippen LogP contribution in [0.2, 0.25) is 5.02 Å². The molecular formula is C16H15ClN2O2S. The largest absolute Gasteiger partial charge is 0.326 e. The van der Waals surface area contributed by atoms with Crippen LogP contribution in [-0.4, -0.2) is 18.1 Å². The number of carbonyl (C=O) groups is 2. The van der Waals surface area contributed by atoms with Gasteiger partial charge in [0, 0.05) is 23.2 Å². The maximum atomic E-state index is 12.3. The highest BCUT2D eigenvalue weighted by Gasteiger charge is 2.11. The van der Waals surface area contributed by atoms with Gasteiger partial charge in [0.25, 0.3) is 5.91 Å². The van der Waals surface area contributed by atoms with E-state index in [9.17, 15) is 9.59 Å². The Hall–Kier alpha value is -1.98. The van der Waals surface area contributed by atoms with E-state index >= 15 is 0 Å². The van der Waals surface area contributed by atoms with Gasteiger partial charge in [0.2, 0.25) is 5.91 Å². The molecule has 6 heteroatoms. The second-order valence-corrected chi connectivity index (χ2v) is 5.85. The minimum absolute atomic E-state index is 0.141. The number of amides is 2. The summed E-state index contributed by atoms with van der Waals surface area (Å²) in [7, 11) is 0. The molecule has 0 saturated heterocycles.